The summed E-state index contributed by atoms with van der Waals surface area (Å²) in [6.45, 7) is 1.88. The minimum Gasteiger partial charge on any atom is -0.268 e. The molecule has 4 rings (SSSR count). The summed E-state index contributed by atoms with van der Waals surface area (Å²) in [5.74, 6) is 0.695. The molecule has 0 radical (unpaired) electrons. The first-order valence-corrected chi connectivity index (χ1v) is 8.40. The highest BCUT2D eigenvalue weighted by atomic mass is 127. The number of nitrogens with zero attached hydrogens (tertiary/aromatic N) is 2. The molecule has 0 saturated carbocycles. The highest BCUT2D eigenvalue weighted by molar-refractivity contribution is 14.1. The summed E-state index contributed by atoms with van der Waals surface area (Å²) in [4.78, 5) is 17.7. The Bertz CT molecular complexity index is 1110. The Labute approximate surface area is 146 Å². The van der Waals surface area contributed by atoms with Gasteiger partial charge in [-0.2, -0.15) is 0 Å². The van der Waals surface area contributed by atoms with Gasteiger partial charge in [0.1, 0.15) is 5.82 Å². The maximum atomic E-state index is 13.1. The molecule has 1 aromatic heterocycles. The number of aryl methyl sites for hydroxylation is 1. The molecule has 0 amide bonds. The van der Waals surface area contributed by atoms with E-state index in [-0.39, 0.29) is 5.56 Å². The molecule has 0 aliphatic heterocycles. The molecular weight excluding hydrogens is 399 g/mol. The summed E-state index contributed by atoms with van der Waals surface area (Å²) in [6.07, 6.45) is 0. The molecule has 0 N–H and O–H groups in total. The highest BCUT2D eigenvalue weighted by Gasteiger charge is 2.12. The van der Waals surface area contributed by atoms with Gasteiger partial charge in [-0.25, -0.2) is 4.98 Å². The quantitative estimate of drug-likeness (QED) is 0.433. The SMILES string of the molecule is Cc1nc2ccc(I)cc2c(=O)n1-c1cccc2ccccc12. The van der Waals surface area contributed by atoms with Crippen molar-refractivity contribution in [2.24, 2.45) is 0 Å². The van der Waals surface area contributed by atoms with E-state index in [1.807, 2.05) is 55.5 Å². The predicted molar refractivity (Wildman–Crippen MR) is 102 cm³/mol. The Morgan fingerprint density at radius 3 is 2.61 bits per heavy atom. The molecule has 0 saturated heterocycles. The monoisotopic (exact) mass is 412 g/mol. The van der Waals surface area contributed by atoms with Crippen LogP contribution < -0.4 is 5.56 Å². The first kappa shape index (κ1) is 14.4. The molecule has 0 unspecified atom stereocenters. The zero-order valence-electron chi connectivity index (χ0n) is 12.5. The van der Waals surface area contributed by atoms with Crippen LogP contribution in [0.4, 0.5) is 0 Å². The van der Waals surface area contributed by atoms with Crippen LogP contribution in [0.1, 0.15) is 5.82 Å². The topological polar surface area (TPSA) is 34.9 Å². The van der Waals surface area contributed by atoms with Gasteiger partial charge in [0.05, 0.1) is 16.6 Å². The second-order valence-corrected chi connectivity index (χ2v) is 6.70. The third-order valence-corrected chi connectivity index (χ3v) is 4.68. The molecular formula is C19H13IN2O. The fourth-order valence-electron chi connectivity index (χ4n) is 2.96. The molecule has 4 aromatic rings. The highest BCUT2D eigenvalue weighted by Crippen LogP contribution is 2.23. The van der Waals surface area contributed by atoms with E-state index in [0.717, 1.165) is 25.5 Å². The summed E-state index contributed by atoms with van der Waals surface area (Å²) in [7, 11) is 0. The first-order valence-electron chi connectivity index (χ1n) is 7.32. The van der Waals surface area contributed by atoms with Gasteiger partial charge in [0.2, 0.25) is 0 Å². The van der Waals surface area contributed by atoms with Crippen molar-refractivity contribution in [1.29, 1.82) is 0 Å². The number of hydrogen-bond acceptors (Lipinski definition) is 2. The first-order chi connectivity index (χ1) is 11.1. The van der Waals surface area contributed by atoms with Crippen molar-refractivity contribution in [1.82, 2.24) is 9.55 Å². The van der Waals surface area contributed by atoms with Crippen LogP contribution in [0, 0.1) is 10.5 Å². The van der Waals surface area contributed by atoms with Crippen LogP contribution in [-0.2, 0) is 0 Å². The van der Waals surface area contributed by atoms with Gasteiger partial charge in [-0.1, -0.05) is 36.4 Å². The van der Waals surface area contributed by atoms with E-state index in [1.165, 1.54) is 0 Å². The molecule has 0 fully saturated rings. The van der Waals surface area contributed by atoms with Gasteiger partial charge in [-0.05, 0) is 59.2 Å². The maximum Gasteiger partial charge on any atom is 0.266 e. The molecule has 0 aliphatic rings. The molecule has 0 bridgehead atoms. The summed E-state index contributed by atoms with van der Waals surface area (Å²) in [5.41, 5.74) is 1.59. The minimum absolute atomic E-state index is 0.0256. The van der Waals surface area contributed by atoms with Gasteiger partial charge < -0.3 is 0 Å². The molecule has 3 nitrogen and oxygen atoms in total. The number of rotatable bonds is 1. The number of fused-ring (bicyclic) bond motifs is 2. The lowest BCUT2D eigenvalue weighted by Gasteiger charge is -2.13. The Morgan fingerprint density at radius 1 is 0.957 bits per heavy atom. The fraction of sp³-hybridized carbons (Fsp3) is 0.0526. The second-order valence-electron chi connectivity index (χ2n) is 5.46. The summed E-state index contributed by atoms with van der Waals surface area (Å²) in [5, 5.41) is 2.81. The van der Waals surface area contributed by atoms with Crippen LogP contribution in [0.3, 0.4) is 0 Å². The summed E-state index contributed by atoms with van der Waals surface area (Å²) < 4.78 is 2.74. The van der Waals surface area contributed by atoms with E-state index in [4.69, 9.17) is 0 Å². The molecule has 3 aromatic carbocycles. The van der Waals surface area contributed by atoms with E-state index >= 15 is 0 Å². The second kappa shape index (κ2) is 5.45. The largest absolute Gasteiger partial charge is 0.268 e. The molecule has 4 heteroatoms. The van der Waals surface area contributed by atoms with Crippen LogP contribution in [-0.4, -0.2) is 9.55 Å². The average molecular weight is 412 g/mol. The number of hydrogen-bond donors (Lipinski definition) is 0. The van der Waals surface area contributed by atoms with Gasteiger partial charge in [0.25, 0.3) is 5.56 Å². The normalized spacial score (nSPS) is 11.2. The van der Waals surface area contributed by atoms with Crippen LogP contribution in [0.25, 0.3) is 27.4 Å². The van der Waals surface area contributed by atoms with Crippen LogP contribution in [0.2, 0.25) is 0 Å². The predicted octanol–water partition coefficient (Wildman–Crippen LogP) is 4.45. The van der Waals surface area contributed by atoms with Crippen molar-refractivity contribution >= 4 is 44.3 Å². The van der Waals surface area contributed by atoms with E-state index in [1.54, 1.807) is 4.57 Å². The third-order valence-electron chi connectivity index (χ3n) is 4.01. The van der Waals surface area contributed by atoms with Gasteiger partial charge in [-0.15, -0.1) is 0 Å². The smallest absolute Gasteiger partial charge is 0.266 e. The van der Waals surface area contributed by atoms with Gasteiger partial charge in [0.15, 0.2) is 0 Å². The summed E-state index contributed by atoms with van der Waals surface area (Å²) in [6, 6.07) is 19.8. The van der Waals surface area contributed by atoms with Gasteiger partial charge in [-0.3, -0.25) is 9.36 Å². The Balaban J connectivity index is 2.15. The van der Waals surface area contributed by atoms with Crippen molar-refractivity contribution in [2.45, 2.75) is 6.92 Å². The van der Waals surface area contributed by atoms with Crippen molar-refractivity contribution in [2.75, 3.05) is 0 Å². The Morgan fingerprint density at radius 2 is 1.74 bits per heavy atom. The van der Waals surface area contributed by atoms with E-state index in [2.05, 4.69) is 39.7 Å². The maximum absolute atomic E-state index is 13.1. The van der Waals surface area contributed by atoms with Crippen molar-refractivity contribution in [3.8, 4) is 5.69 Å². The lowest BCUT2D eigenvalue weighted by Crippen LogP contribution is -2.22. The molecule has 1 heterocycles. The lowest BCUT2D eigenvalue weighted by atomic mass is 10.1. The number of benzene rings is 3. The van der Waals surface area contributed by atoms with E-state index in [0.29, 0.717) is 11.2 Å². The minimum atomic E-state index is -0.0256. The molecule has 0 atom stereocenters. The fourth-order valence-corrected chi connectivity index (χ4v) is 3.45. The van der Waals surface area contributed by atoms with Gasteiger partial charge in [0, 0.05) is 8.96 Å². The van der Waals surface area contributed by atoms with Gasteiger partial charge >= 0.3 is 0 Å². The van der Waals surface area contributed by atoms with Crippen molar-refractivity contribution in [3.63, 3.8) is 0 Å². The van der Waals surface area contributed by atoms with Crippen molar-refractivity contribution < 1.29 is 0 Å². The van der Waals surface area contributed by atoms with Crippen LogP contribution in [0.5, 0.6) is 0 Å². The molecule has 23 heavy (non-hydrogen) atoms. The number of aromatic nitrogens is 2. The lowest BCUT2D eigenvalue weighted by molar-refractivity contribution is 0.901. The van der Waals surface area contributed by atoms with Crippen LogP contribution in [0.15, 0.2) is 65.5 Å². The zero-order valence-corrected chi connectivity index (χ0v) is 14.6. The Kier molecular flexibility index (Phi) is 3.41. The molecule has 0 aliphatic carbocycles. The summed E-state index contributed by atoms with van der Waals surface area (Å²) >= 11 is 2.22. The van der Waals surface area contributed by atoms with E-state index in [9.17, 15) is 4.79 Å². The average Bonchev–Trinajstić information content (AvgIpc) is 2.56. The molecule has 112 valence electrons. The third kappa shape index (κ3) is 2.34. The van der Waals surface area contributed by atoms with Crippen LogP contribution >= 0.6 is 22.6 Å². The Hall–Kier alpha value is -2.21. The van der Waals surface area contributed by atoms with Crippen molar-refractivity contribution in [3.05, 3.63) is 80.4 Å². The standard InChI is InChI=1S/C19H13IN2O/c1-12-21-17-10-9-14(20)11-16(17)19(23)22(12)18-8-4-6-13-5-2-3-7-15(13)18/h2-11H,1H3. The zero-order chi connectivity index (χ0) is 16.0. The van der Waals surface area contributed by atoms with E-state index < -0.39 is 0 Å². The number of halogens is 1. The molecule has 0 spiro atoms.